The van der Waals surface area contributed by atoms with Crippen molar-refractivity contribution in [2.75, 3.05) is 10.6 Å². The average molecular weight is 398 g/mol. The van der Waals surface area contributed by atoms with E-state index in [0.717, 1.165) is 17.7 Å². The zero-order valence-electron chi connectivity index (χ0n) is 15.4. The summed E-state index contributed by atoms with van der Waals surface area (Å²) >= 11 is 0. The van der Waals surface area contributed by atoms with Gasteiger partial charge in [-0.15, -0.1) is 0 Å². The molecule has 2 amide bonds. The van der Waals surface area contributed by atoms with E-state index < -0.39 is 17.6 Å². The Morgan fingerprint density at radius 2 is 1.34 bits per heavy atom. The molecule has 29 heavy (non-hydrogen) atoms. The molecule has 3 aromatic rings. The van der Waals surface area contributed by atoms with Crippen molar-refractivity contribution in [3.8, 4) is 0 Å². The number of halogens is 3. The summed E-state index contributed by atoms with van der Waals surface area (Å²) in [5.74, 6) is -0.903. The van der Waals surface area contributed by atoms with Crippen LogP contribution >= 0.6 is 0 Å². The van der Waals surface area contributed by atoms with Gasteiger partial charge in [0.1, 0.15) is 0 Å². The normalized spacial score (nSPS) is 11.0. The fourth-order valence-corrected chi connectivity index (χ4v) is 2.66. The van der Waals surface area contributed by atoms with E-state index in [4.69, 9.17) is 0 Å². The van der Waals surface area contributed by atoms with Gasteiger partial charge in [-0.1, -0.05) is 24.3 Å². The molecule has 0 aliphatic rings. The summed E-state index contributed by atoms with van der Waals surface area (Å²) in [6.07, 6.45) is -4.49. The Hall–Kier alpha value is -3.61. The average Bonchev–Trinajstić information content (AvgIpc) is 2.69. The van der Waals surface area contributed by atoms with E-state index >= 15 is 0 Å². The maximum atomic E-state index is 12.8. The third-order valence-corrected chi connectivity index (χ3v) is 4.25. The van der Waals surface area contributed by atoms with Crippen molar-refractivity contribution in [3.63, 3.8) is 0 Å². The van der Waals surface area contributed by atoms with Crippen LogP contribution in [-0.2, 0) is 6.18 Å². The maximum Gasteiger partial charge on any atom is 0.416 e. The molecule has 0 saturated heterocycles. The highest BCUT2D eigenvalue weighted by Crippen LogP contribution is 2.30. The van der Waals surface area contributed by atoms with Crippen molar-refractivity contribution in [1.82, 2.24) is 0 Å². The number of alkyl halides is 3. The van der Waals surface area contributed by atoms with Gasteiger partial charge in [0, 0.05) is 22.5 Å². The Kier molecular flexibility index (Phi) is 5.68. The molecule has 0 aromatic heterocycles. The van der Waals surface area contributed by atoms with Gasteiger partial charge in [-0.3, -0.25) is 9.59 Å². The molecule has 0 spiro atoms. The summed E-state index contributed by atoms with van der Waals surface area (Å²) in [6, 6.07) is 17.6. The Morgan fingerprint density at radius 1 is 0.759 bits per heavy atom. The lowest BCUT2D eigenvalue weighted by atomic mass is 10.1. The first kappa shape index (κ1) is 20.1. The van der Waals surface area contributed by atoms with Crippen LogP contribution in [0.1, 0.15) is 31.8 Å². The number of hydrogen-bond acceptors (Lipinski definition) is 2. The van der Waals surface area contributed by atoms with Gasteiger partial charge in [0.2, 0.25) is 0 Å². The Morgan fingerprint density at radius 3 is 1.93 bits per heavy atom. The van der Waals surface area contributed by atoms with Crippen molar-refractivity contribution in [1.29, 1.82) is 0 Å². The van der Waals surface area contributed by atoms with E-state index in [0.29, 0.717) is 11.3 Å². The summed E-state index contributed by atoms with van der Waals surface area (Å²) in [5, 5.41) is 5.22. The molecule has 0 saturated carbocycles. The molecule has 7 heteroatoms. The molecule has 0 aliphatic heterocycles. The second-order valence-electron chi connectivity index (χ2n) is 6.38. The standard InChI is InChI=1S/C22H17F3N2O2/c1-14-5-2-3-8-19(14)27-21(29)16-11-9-15(10-12-16)20(28)26-18-7-4-6-17(13-18)22(23,24)25/h2-13H,1H3,(H,26,28)(H,27,29). The fraction of sp³-hybridized carbons (Fsp3) is 0.0909. The minimum absolute atomic E-state index is 0.0335. The highest BCUT2D eigenvalue weighted by molar-refractivity contribution is 6.07. The van der Waals surface area contributed by atoms with Crippen LogP contribution in [0.15, 0.2) is 72.8 Å². The van der Waals surface area contributed by atoms with Crippen LogP contribution in [0.2, 0.25) is 0 Å². The highest BCUT2D eigenvalue weighted by atomic mass is 19.4. The zero-order chi connectivity index (χ0) is 21.0. The van der Waals surface area contributed by atoms with Crippen molar-refractivity contribution in [2.24, 2.45) is 0 Å². The summed E-state index contributed by atoms with van der Waals surface area (Å²) in [5.41, 5.74) is 1.35. The molecule has 3 aromatic carbocycles. The first-order chi connectivity index (χ1) is 13.7. The van der Waals surface area contributed by atoms with E-state index in [1.807, 2.05) is 25.1 Å². The van der Waals surface area contributed by atoms with E-state index in [1.54, 1.807) is 6.07 Å². The smallest absolute Gasteiger partial charge is 0.322 e. The van der Waals surface area contributed by atoms with Gasteiger partial charge in [-0.25, -0.2) is 0 Å². The molecule has 0 fully saturated rings. The second-order valence-corrected chi connectivity index (χ2v) is 6.38. The van der Waals surface area contributed by atoms with Crippen molar-refractivity contribution < 1.29 is 22.8 Å². The van der Waals surface area contributed by atoms with Crippen LogP contribution in [0.3, 0.4) is 0 Å². The summed E-state index contributed by atoms with van der Waals surface area (Å²) in [4.78, 5) is 24.7. The molecule has 2 N–H and O–H groups in total. The fourth-order valence-electron chi connectivity index (χ4n) is 2.66. The van der Waals surface area contributed by atoms with Gasteiger partial charge < -0.3 is 10.6 Å². The molecule has 0 atom stereocenters. The van der Waals surface area contributed by atoms with Crippen molar-refractivity contribution in [2.45, 2.75) is 13.1 Å². The minimum Gasteiger partial charge on any atom is -0.322 e. The van der Waals surface area contributed by atoms with E-state index in [2.05, 4.69) is 10.6 Å². The number of carbonyl (C=O) groups is 2. The quantitative estimate of drug-likeness (QED) is 0.608. The van der Waals surface area contributed by atoms with Crippen LogP contribution in [0, 0.1) is 6.92 Å². The second kappa shape index (κ2) is 8.18. The van der Waals surface area contributed by atoms with E-state index in [9.17, 15) is 22.8 Å². The lowest BCUT2D eigenvalue weighted by Crippen LogP contribution is -2.15. The van der Waals surface area contributed by atoms with Crippen LogP contribution < -0.4 is 10.6 Å². The zero-order valence-corrected chi connectivity index (χ0v) is 15.4. The van der Waals surface area contributed by atoms with Crippen molar-refractivity contribution >= 4 is 23.2 Å². The molecule has 0 aliphatic carbocycles. The molecule has 0 bridgehead atoms. The summed E-state index contributed by atoms with van der Waals surface area (Å²) in [6.45, 7) is 1.87. The SMILES string of the molecule is Cc1ccccc1NC(=O)c1ccc(C(=O)Nc2cccc(C(F)(F)F)c2)cc1. The number of nitrogens with one attached hydrogen (secondary N) is 2. The number of hydrogen-bond donors (Lipinski definition) is 2. The number of anilines is 2. The molecule has 0 unspecified atom stereocenters. The molecule has 3 rings (SSSR count). The van der Waals surface area contributed by atoms with Crippen LogP contribution in [0.5, 0.6) is 0 Å². The lowest BCUT2D eigenvalue weighted by Gasteiger charge is -2.10. The molecule has 0 radical (unpaired) electrons. The lowest BCUT2D eigenvalue weighted by molar-refractivity contribution is -0.137. The van der Waals surface area contributed by atoms with Crippen molar-refractivity contribution in [3.05, 3.63) is 95.1 Å². The third-order valence-electron chi connectivity index (χ3n) is 4.25. The summed E-state index contributed by atoms with van der Waals surface area (Å²) < 4.78 is 38.3. The van der Waals surface area contributed by atoms with Gasteiger partial charge in [0.25, 0.3) is 11.8 Å². The summed E-state index contributed by atoms with van der Waals surface area (Å²) in [7, 11) is 0. The number of para-hydroxylation sites is 1. The maximum absolute atomic E-state index is 12.8. The van der Waals surface area contributed by atoms with E-state index in [-0.39, 0.29) is 17.2 Å². The minimum atomic E-state index is -4.49. The first-order valence-corrected chi connectivity index (χ1v) is 8.70. The van der Waals surface area contributed by atoms with E-state index in [1.165, 1.54) is 36.4 Å². The first-order valence-electron chi connectivity index (χ1n) is 8.70. The number of amides is 2. The predicted octanol–water partition coefficient (Wildman–Crippen LogP) is 5.52. The molecule has 0 heterocycles. The number of aryl methyl sites for hydroxylation is 1. The monoisotopic (exact) mass is 398 g/mol. The van der Waals surface area contributed by atoms with Crippen LogP contribution in [0.4, 0.5) is 24.5 Å². The van der Waals surface area contributed by atoms with Gasteiger partial charge in [0.15, 0.2) is 0 Å². The Bertz CT molecular complexity index is 1040. The number of benzene rings is 3. The number of rotatable bonds is 4. The molecular formula is C22H17F3N2O2. The van der Waals surface area contributed by atoms with Gasteiger partial charge >= 0.3 is 6.18 Å². The Labute approximate surface area is 165 Å². The highest BCUT2D eigenvalue weighted by Gasteiger charge is 2.30. The molecule has 148 valence electrons. The third kappa shape index (κ3) is 5.01. The van der Waals surface area contributed by atoms with Gasteiger partial charge in [-0.05, 0) is 61.0 Å². The largest absolute Gasteiger partial charge is 0.416 e. The molecule has 4 nitrogen and oxygen atoms in total. The van der Waals surface area contributed by atoms with Gasteiger partial charge in [-0.2, -0.15) is 13.2 Å². The number of carbonyl (C=O) groups excluding carboxylic acids is 2. The molecular weight excluding hydrogens is 381 g/mol. The van der Waals surface area contributed by atoms with Crippen LogP contribution in [0.25, 0.3) is 0 Å². The topological polar surface area (TPSA) is 58.2 Å². The van der Waals surface area contributed by atoms with Gasteiger partial charge in [0.05, 0.1) is 5.56 Å². The predicted molar refractivity (Wildman–Crippen MR) is 105 cm³/mol. The Balaban J connectivity index is 1.69. The van der Waals surface area contributed by atoms with Crippen LogP contribution in [-0.4, -0.2) is 11.8 Å².